The molecular formula is C63H64FN21O3. The maximum Gasteiger partial charge on any atom is 0.157 e. The van der Waals surface area contributed by atoms with Gasteiger partial charge < -0.3 is 46.1 Å². The molecule has 0 radical (unpaired) electrons. The van der Waals surface area contributed by atoms with Gasteiger partial charge in [-0.1, -0.05) is 0 Å². The Kier molecular flexibility index (Phi) is 14.1. The number of anilines is 3. The largest absolute Gasteiger partial charge is 0.495 e. The summed E-state index contributed by atoms with van der Waals surface area (Å²) in [6.07, 6.45) is 11.9. The van der Waals surface area contributed by atoms with Crippen molar-refractivity contribution < 1.29 is 18.6 Å². The van der Waals surface area contributed by atoms with Crippen LogP contribution in [-0.4, -0.2) is 143 Å². The minimum atomic E-state index is -1.26. The second-order valence-corrected chi connectivity index (χ2v) is 24.1. The van der Waals surface area contributed by atoms with Gasteiger partial charge in [-0.25, -0.2) is 47.8 Å². The van der Waals surface area contributed by atoms with Gasteiger partial charge in [-0.3, -0.25) is 0 Å². The molecule has 0 bridgehead atoms. The van der Waals surface area contributed by atoms with Crippen LogP contribution in [0, 0.1) is 45.8 Å². The maximum absolute atomic E-state index is 16.6. The van der Waals surface area contributed by atoms with Gasteiger partial charge in [0.25, 0.3) is 0 Å². The summed E-state index contributed by atoms with van der Waals surface area (Å²) < 4.78 is 39.4. The molecule has 10 atom stereocenters. The molecule has 25 heteroatoms. The van der Waals surface area contributed by atoms with Crippen molar-refractivity contribution in [3.8, 4) is 69.6 Å². The number of alkyl halides is 1. The van der Waals surface area contributed by atoms with Crippen molar-refractivity contribution in [3.05, 3.63) is 107 Å². The Morgan fingerprint density at radius 1 is 0.557 bits per heavy atom. The van der Waals surface area contributed by atoms with E-state index < -0.39 is 12.2 Å². The minimum absolute atomic E-state index is 0.0114. The summed E-state index contributed by atoms with van der Waals surface area (Å²) >= 11 is 0. The first-order valence-corrected chi connectivity index (χ1v) is 30.3. The van der Waals surface area contributed by atoms with Crippen molar-refractivity contribution in [2.75, 3.05) is 63.5 Å². The molecule has 3 aliphatic heterocycles. The standard InChI is InChI=1S/C63H64FN21O3/c1-86-51-20-55-71-29-48(83(55)80-59(51)32-6-7-32)44-12-8-34(24-66)62(76-44)75-37-11-14-43(69-27-37)38-17-40(38)60-52(87-2)21-56-72-30-49(84(56)81-60)45-13-9-35(25-67)63(77-45)78-47-28-70-46(19-42(47)64)39-18-41(39)61-53(88-3)22-57-73-31-50(85(57)82-61)58-33(23-65)10-15-54(79-58)74-36-5-4-16-68-26-36/h8-10,12-13,15,20-22,29-32,36-43,46-47,68-70H,4-7,11,14,16-19,26-28H2,1-3H3,(H,74,79)(H,75,76)(H,77,78). The molecule has 0 amide bonds. The average Bonchev–Trinajstić information content (AvgIpc) is 1.90. The zero-order chi connectivity index (χ0) is 59.7. The number of piperidine rings is 3. The van der Waals surface area contributed by atoms with Gasteiger partial charge >= 0.3 is 0 Å². The quantitative estimate of drug-likeness (QED) is 0.0521. The SMILES string of the molecule is COc1cc2ncc(-c3ccc(C#N)c(NC4CCC(C5CC5c5nn6c(-c7ccc(C#N)c(NC8CNC(C9CC9c9nn%10c(-c%11nc(NC%12CCCNC%12)ccc%11C#N)cnc%10cc9OC)CC8F)n7)cnc6cc5OC)NC4)n3)n2nc1C1CC1. The lowest BCUT2D eigenvalue weighted by Crippen LogP contribution is -2.52. The van der Waals surface area contributed by atoms with Gasteiger partial charge in [-0.15, -0.1) is 0 Å². The predicted molar refractivity (Wildman–Crippen MR) is 323 cm³/mol. The Hall–Kier alpha value is -9.61. The molecule has 3 saturated heterocycles. The molecule has 0 spiro atoms. The summed E-state index contributed by atoms with van der Waals surface area (Å²) in [6, 6.07) is 23.0. The van der Waals surface area contributed by atoms with Crippen LogP contribution in [0.15, 0.2) is 73.2 Å². The number of imidazole rings is 3. The molecule has 10 unspecified atom stereocenters. The minimum Gasteiger partial charge on any atom is -0.495 e. The zero-order valence-corrected chi connectivity index (χ0v) is 48.8. The summed E-state index contributed by atoms with van der Waals surface area (Å²) in [5.74, 6) is 4.37. The number of ether oxygens (including phenoxy) is 3. The number of hydrogen-bond donors (Lipinski definition) is 6. The maximum atomic E-state index is 16.6. The summed E-state index contributed by atoms with van der Waals surface area (Å²) in [4.78, 5) is 28.8. The van der Waals surface area contributed by atoms with E-state index >= 15 is 4.39 Å². The number of pyridine rings is 3. The molecule has 12 heterocycles. The Morgan fingerprint density at radius 3 is 1.66 bits per heavy atom. The van der Waals surface area contributed by atoms with E-state index in [0.717, 1.165) is 93.0 Å². The van der Waals surface area contributed by atoms with E-state index in [9.17, 15) is 15.8 Å². The Labute approximate surface area is 505 Å². The first-order valence-electron chi connectivity index (χ1n) is 30.3. The number of fused-ring (bicyclic) bond motifs is 3. The van der Waals surface area contributed by atoms with Gasteiger partial charge in [-0.2, -0.15) is 31.1 Å². The number of nitrogens with zero attached hydrogens (tertiary/aromatic N) is 15. The van der Waals surface area contributed by atoms with Gasteiger partial charge in [0, 0.05) is 79.8 Å². The number of nitrogens with one attached hydrogen (secondary N) is 6. The highest BCUT2D eigenvalue weighted by atomic mass is 19.1. The first kappa shape index (κ1) is 55.0. The Morgan fingerprint density at radius 2 is 1.10 bits per heavy atom. The van der Waals surface area contributed by atoms with Crippen LogP contribution < -0.4 is 46.1 Å². The van der Waals surface area contributed by atoms with Crippen LogP contribution in [0.4, 0.5) is 21.8 Å². The topological polar surface area (TPSA) is 300 Å². The molecule has 3 aliphatic carbocycles. The van der Waals surface area contributed by atoms with E-state index in [1.54, 1.807) is 73.2 Å². The van der Waals surface area contributed by atoms with Crippen molar-refractivity contribution in [2.45, 2.75) is 112 Å². The normalized spacial score (nSPS) is 24.9. The van der Waals surface area contributed by atoms with E-state index in [0.29, 0.717) is 105 Å². The lowest BCUT2D eigenvalue weighted by molar-refractivity contribution is 0.192. The van der Waals surface area contributed by atoms with E-state index in [1.807, 2.05) is 34.8 Å². The monoisotopic (exact) mass is 1180 g/mol. The van der Waals surface area contributed by atoms with Crippen LogP contribution in [0.3, 0.4) is 0 Å². The van der Waals surface area contributed by atoms with Gasteiger partial charge in [-0.05, 0) is 113 Å². The van der Waals surface area contributed by atoms with Crippen molar-refractivity contribution in [2.24, 2.45) is 11.8 Å². The summed E-state index contributed by atoms with van der Waals surface area (Å²) in [5, 5.41) is 67.0. The van der Waals surface area contributed by atoms with Crippen LogP contribution in [0.2, 0.25) is 0 Å². The third-order valence-corrected chi connectivity index (χ3v) is 18.6. The van der Waals surface area contributed by atoms with E-state index in [4.69, 9.17) is 49.4 Å². The highest BCUT2D eigenvalue weighted by molar-refractivity contribution is 5.70. The van der Waals surface area contributed by atoms with Crippen molar-refractivity contribution >= 4 is 34.4 Å². The second kappa shape index (κ2) is 22.6. The van der Waals surface area contributed by atoms with Crippen molar-refractivity contribution in [1.29, 1.82) is 15.8 Å². The molecule has 15 rings (SSSR count). The molecule has 0 aromatic carbocycles. The molecule has 88 heavy (non-hydrogen) atoms. The van der Waals surface area contributed by atoms with Gasteiger partial charge in [0.15, 0.2) is 16.9 Å². The highest BCUT2D eigenvalue weighted by Gasteiger charge is 2.50. The predicted octanol–water partition coefficient (Wildman–Crippen LogP) is 7.30. The number of rotatable bonds is 17. The fourth-order valence-corrected chi connectivity index (χ4v) is 13.6. The van der Waals surface area contributed by atoms with Crippen LogP contribution >= 0.6 is 0 Å². The van der Waals surface area contributed by atoms with Gasteiger partial charge in [0.1, 0.15) is 98.9 Å². The molecular weight excluding hydrogens is 1120 g/mol. The molecule has 9 aromatic heterocycles. The third-order valence-electron chi connectivity index (χ3n) is 18.6. The van der Waals surface area contributed by atoms with E-state index in [-0.39, 0.29) is 59.7 Å². The fourth-order valence-electron chi connectivity index (χ4n) is 13.6. The number of methoxy groups -OCH3 is 3. The number of hydrogen-bond acceptors (Lipinski definition) is 21. The van der Waals surface area contributed by atoms with Crippen LogP contribution in [0.5, 0.6) is 17.2 Å². The average molecular weight is 1180 g/mol. The molecule has 3 saturated carbocycles. The lowest BCUT2D eigenvalue weighted by atomic mass is 9.94. The zero-order valence-electron chi connectivity index (χ0n) is 48.8. The summed E-state index contributed by atoms with van der Waals surface area (Å²) in [5.41, 5.74) is 9.07. The van der Waals surface area contributed by atoms with Gasteiger partial charge in [0.2, 0.25) is 0 Å². The van der Waals surface area contributed by atoms with Gasteiger partial charge in [0.05, 0.1) is 74.0 Å². The molecule has 24 nitrogen and oxygen atoms in total. The Balaban J connectivity index is 0.599. The number of halogens is 1. The first-order chi connectivity index (χ1) is 43.2. The molecule has 446 valence electrons. The fraction of sp³-hybridized carbons (Fsp3) is 0.429. The van der Waals surface area contributed by atoms with E-state index in [2.05, 4.69) is 60.1 Å². The third kappa shape index (κ3) is 10.2. The number of nitriles is 3. The molecule has 6 N–H and O–H groups in total. The van der Waals surface area contributed by atoms with Crippen LogP contribution in [0.25, 0.3) is 51.1 Å². The number of aromatic nitrogens is 12. The van der Waals surface area contributed by atoms with Crippen molar-refractivity contribution in [1.82, 2.24) is 74.7 Å². The summed E-state index contributed by atoms with van der Waals surface area (Å²) in [7, 11) is 4.92. The van der Waals surface area contributed by atoms with Crippen LogP contribution in [0.1, 0.15) is 109 Å². The molecule has 6 aliphatic rings. The smallest absolute Gasteiger partial charge is 0.157 e. The highest BCUT2D eigenvalue weighted by Crippen LogP contribution is 2.54. The lowest BCUT2D eigenvalue weighted by Gasteiger charge is -2.34. The molecule has 6 fully saturated rings. The van der Waals surface area contributed by atoms with Crippen LogP contribution in [-0.2, 0) is 0 Å². The molecule has 9 aromatic rings. The van der Waals surface area contributed by atoms with E-state index in [1.165, 1.54) is 0 Å². The Bertz CT molecular complexity index is 4320. The second-order valence-electron chi connectivity index (χ2n) is 24.1. The summed E-state index contributed by atoms with van der Waals surface area (Å²) in [6.45, 7) is 2.81. The van der Waals surface area contributed by atoms with Crippen molar-refractivity contribution in [3.63, 3.8) is 0 Å².